The van der Waals surface area contributed by atoms with Gasteiger partial charge in [-0.05, 0) is 97.9 Å². The van der Waals surface area contributed by atoms with Gasteiger partial charge in [0, 0.05) is 11.5 Å². The molecule has 0 bridgehead atoms. The third-order valence-corrected chi connectivity index (χ3v) is 13.2. The van der Waals surface area contributed by atoms with Gasteiger partial charge in [0.15, 0.2) is 11.5 Å². The van der Waals surface area contributed by atoms with E-state index in [1.807, 2.05) is 13.0 Å². The van der Waals surface area contributed by atoms with Crippen molar-refractivity contribution < 1.29 is 28.4 Å². The van der Waals surface area contributed by atoms with E-state index < -0.39 is 16.2 Å². The maximum Gasteiger partial charge on any atom is 0.319 e. The highest BCUT2D eigenvalue weighted by atomic mass is 16.5. The largest absolute Gasteiger partial charge is 0.469 e. The van der Waals surface area contributed by atoms with Gasteiger partial charge in [-0.3, -0.25) is 14.4 Å². The van der Waals surface area contributed by atoms with Crippen molar-refractivity contribution in [3.05, 3.63) is 29.2 Å². The van der Waals surface area contributed by atoms with E-state index >= 15 is 0 Å². The first kappa shape index (κ1) is 27.7. The maximum atomic E-state index is 14.6. The second-order valence-electron chi connectivity index (χ2n) is 15.4. The zero-order valence-electron chi connectivity index (χ0n) is 25.4. The molecule has 0 amide bonds. The van der Waals surface area contributed by atoms with Crippen LogP contribution in [-0.2, 0) is 35.7 Å². The predicted octanol–water partition coefficient (Wildman–Crippen LogP) is 6.00. The number of carbonyl (C=O) groups excluding carboxylic acids is 3. The average Bonchev–Trinajstić information content (AvgIpc) is 3.37. The highest BCUT2D eigenvalue weighted by molar-refractivity contribution is 5.96. The Bertz CT molecular complexity index is 1330. The lowest BCUT2D eigenvalue weighted by Gasteiger charge is -2.69. The molecule has 6 rings (SSSR count). The Kier molecular flexibility index (Phi) is 5.76. The Morgan fingerprint density at radius 1 is 0.950 bits per heavy atom. The Balaban J connectivity index is 1.52. The minimum Gasteiger partial charge on any atom is -0.469 e. The minimum absolute atomic E-state index is 0.0496. The van der Waals surface area contributed by atoms with Gasteiger partial charge in [0.2, 0.25) is 0 Å². The summed E-state index contributed by atoms with van der Waals surface area (Å²) in [7, 11) is 2.92. The number of ether oxygens (including phenoxy) is 2. The quantitative estimate of drug-likeness (QED) is 0.416. The summed E-state index contributed by atoms with van der Waals surface area (Å²) in [5.74, 6) is -0.0967. The standard InChI is InChI=1S/C33H45NO6/c1-28(2)11-13-33(27(37)39-8)14-12-31(5)24(20(33)17-28)21(35)15-23-29(3)16-19-18-34-40-25(19)32(6,26(36)38-7)22(29)9-10-30(23,31)4/h15,18,20,22,24H,9-14,16-17H2,1-8H3/t20-,22+,24-,29-,30+,31+,32-,33-/m0/s1. The molecule has 7 heteroatoms. The Morgan fingerprint density at radius 2 is 1.62 bits per heavy atom. The molecule has 0 N–H and O–H groups in total. The van der Waals surface area contributed by atoms with Crippen molar-refractivity contribution in [3.8, 4) is 0 Å². The van der Waals surface area contributed by atoms with Crippen molar-refractivity contribution in [2.24, 2.45) is 44.8 Å². The van der Waals surface area contributed by atoms with Crippen molar-refractivity contribution >= 4 is 17.7 Å². The van der Waals surface area contributed by atoms with Crippen LogP contribution in [0.4, 0.5) is 0 Å². The molecular formula is C33H45NO6. The van der Waals surface area contributed by atoms with Crippen LogP contribution in [0.5, 0.6) is 0 Å². The molecule has 3 fully saturated rings. The molecule has 0 unspecified atom stereocenters. The Morgan fingerprint density at radius 3 is 2.30 bits per heavy atom. The zero-order chi connectivity index (χ0) is 29.1. The van der Waals surface area contributed by atoms with Crippen LogP contribution < -0.4 is 0 Å². The zero-order valence-corrected chi connectivity index (χ0v) is 25.4. The molecule has 8 atom stereocenters. The molecule has 0 saturated heterocycles. The van der Waals surface area contributed by atoms with Gasteiger partial charge >= 0.3 is 11.9 Å². The molecule has 0 aliphatic heterocycles. The molecule has 218 valence electrons. The number of rotatable bonds is 2. The second-order valence-corrected chi connectivity index (χ2v) is 15.4. The van der Waals surface area contributed by atoms with Gasteiger partial charge in [0.05, 0.1) is 25.8 Å². The molecule has 1 aromatic rings. The summed E-state index contributed by atoms with van der Waals surface area (Å²) in [6.45, 7) is 13.4. The molecule has 5 aliphatic carbocycles. The van der Waals surface area contributed by atoms with Crippen molar-refractivity contribution in [1.82, 2.24) is 5.16 Å². The van der Waals surface area contributed by atoms with Gasteiger partial charge in [-0.1, -0.05) is 45.3 Å². The third-order valence-electron chi connectivity index (χ3n) is 13.2. The first-order chi connectivity index (χ1) is 18.6. The Hall–Kier alpha value is -2.44. The number of hydrogen-bond acceptors (Lipinski definition) is 7. The lowest BCUT2D eigenvalue weighted by atomic mass is 9.34. The number of aromatic nitrogens is 1. The number of esters is 2. The normalized spacial score (nSPS) is 45.0. The van der Waals surface area contributed by atoms with Gasteiger partial charge in [0.1, 0.15) is 5.41 Å². The third kappa shape index (κ3) is 3.13. The van der Waals surface area contributed by atoms with Crippen molar-refractivity contribution in [2.75, 3.05) is 14.2 Å². The van der Waals surface area contributed by atoms with Crippen LogP contribution in [0.3, 0.4) is 0 Å². The molecule has 7 nitrogen and oxygen atoms in total. The van der Waals surface area contributed by atoms with E-state index in [9.17, 15) is 14.4 Å². The van der Waals surface area contributed by atoms with E-state index in [-0.39, 0.29) is 51.7 Å². The molecule has 5 aliphatic rings. The number of hydrogen-bond donors (Lipinski definition) is 0. The highest BCUT2D eigenvalue weighted by Crippen LogP contribution is 2.75. The van der Waals surface area contributed by atoms with Gasteiger partial charge in [-0.25, -0.2) is 0 Å². The van der Waals surface area contributed by atoms with E-state index in [4.69, 9.17) is 14.0 Å². The molecule has 0 spiro atoms. The maximum absolute atomic E-state index is 14.6. The van der Waals surface area contributed by atoms with Crippen molar-refractivity contribution in [3.63, 3.8) is 0 Å². The van der Waals surface area contributed by atoms with E-state index in [1.165, 1.54) is 14.2 Å². The van der Waals surface area contributed by atoms with Crippen LogP contribution in [0.25, 0.3) is 0 Å². The highest BCUT2D eigenvalue weighted by Gasteiger charge is 2.72. The topological polar surface area (TPSA) is 95.7 Å². The summed E-state index contributed by atoms with van der Waals surface area (Å²) < 4.78 is 16.5. The smallest absolute Gasteiger partial charge is 0.319 e. The molecule has 0 aromatic carbocycles. The summed E-state index contributed by atoms with van der Waals surface area (Å²) in [4.78, 5) is 41.5. The number of carbonyl (C=O) groups is 3. The van der Waals surface area contributed by atoms with E-state index in [0.717, 1.165) is 56.1 Å². The summed E-state index contributed by atoms with van der Waals surface area (Å²) >= 11 is 0. The lowest BCUT2D eigenvalue weighted by Crippen LogP contribution is -2.66. The first-order valence-corrected chi connectivity index (χ1v) is 15.0. The number of ketones is 1. The fourth-order valence-corrected chi connectivity index (χ4v) is 11.0. The van der Waals surface area contributed by atoms with Gasteiger partial charge in [-0.2, -0.15) is 0 Å². The summed E-state index contributed by atoms with van der Waals surface area (Å²) in [5, 5.41) is 4.10. The van der Waals surface area contributed by atoms with Crippen molar-refractivity contribution in [2.45, 2.75) is 98.3 Å². The van der Waals surface area contributed by atoms with E-state index in [2.05, 4.69) is 39.8 Å². The number of fused-ring (bicyclic) bond motifs is 8. The Labute approximate surface area is 237 Å². The summed E-state index contributed by atoms with van der Waals surface area (Å²) in [6.07, 6.45) is 10.1. The fourth-order valence-electron chi connectivity index (χ4n) is 11.0. The van der Waals surface area contributed by atoms with E-state index in [0.29, 0.717) is 12.2 Å². The molecular weight excluding hydrogens is 506 g/mol. The van der Waals surface area contributed by atoms with Gasteiger partial charge in [0.25, 0.3) is 0 Å². The summed E-state index contributed by atoms with van der Waals surface area (Å²) in [5.41, 5.74) is -0.468. The molecule has 0 radical (unpaired) electrons. The SMILES string of the molecule is COC(=O)[C@]12CCC(C)(C)C[C@H]1[C@H]1C(=O)C=C3[C@@]4(C)Cc5cnoc5[C@@](C)(C(=O)OC)[C@@H]4CC[C@@]3(C)[C@]1(C)CC2. The predicted molar refractivity (Wildman–Crippen MR) is 148 cm³/mol. The molecule has 1 heterocycles. The van der Waals surface area contributed by atoms with Gasteiger partial charge in [-0.15, -0.1) is 0 Å². The fraction of sp³-hybridized carbons (Fsp3) is 0.758. The van der Waals surface area contributed by atoms with E-state index in [1.54, 1.807) is 6.20 Å². The second kappa shape index (κ2) is 8.32. The van der Waals surface area contributed by atoms with Crippen LogP contribution in [0, 0.1) is 44.8 Å². The number of nitrogens with zero attached hydrogens (tertiary/aromatic N) is 1. The number of allylic oxidation sites excluding steroid dienone is 2. The van der Waals surface area contributed by atoms with Crippen LogP contribution in [0.15, 0.2) is 22.4 Å². The minimum atomic E-state index is -0.990. The van der Waals surface area contributed by atoms with Crippen LogP contribution in [0.1, 0.15) is 97.8 Å². The van der Waals surface area contributed by atoms with Crippen molar-refractivity contribution in [1.29, 1.82) is 0 Å². The monoisotopic (exact) mass is 551 g/mol. The van der Waals surface area contributed by atoms with Crippen LogP contribution in [0.2, 0.25) is 0 Å². The molecule has 3 saturated carbocycles. The molecule has 1 aromatic heterocycles. The van der Waals surface area contributed by atoms with Gasteiger partial charge < -0.3 is 14.0 Å². The van der Waals surface area contributed by atoms with Crippen LogP contribution >= 0.6 is 0 Å². The summed E-state index contributed by atoms with van der Waals surface area (Å²) in [6, 6.07) is 0. The first-order valence-electron chi connectivity index (χ1n) is 15.0. The lowest BCUT2D eigenvalue weighted by molar-refractivity contribution is -0.192. The average molecular weight is 552 g/mol. The van der Waals surface area contributed by atoms with Crippen LogP contribution in [-0.4, -0.2) is 37.1 Å². The molecule has 40 heavy (non-hydrogen) atoms. The number of methoxy groups -OCH3 is 2.